The van der Waals surface area contributed by atoms with E-state index in [9.17, 15) is 0 Å². The lowest BCUT2D eigenvalue weighted by molar-refractivity contribution is 0.366. The molecule has 1 fully saturated rings. The zero-order valence-electron chi connectivity index (χ0n) is 9.76. The predicted molar refractivity (Wildman–Crippen MR) is 66.0 cm³/mol. The van der Waals surface area contributed by atoms with Crippen LogP contribution >= 0.6 is 0 Å². The quantitative estimate of drug-likeness (QED) is 0.747. The van der Waals surface area contributed by atoms with Gasteiger partial charge in [-0.15, -0.1) is 0 Å². The van der Waals surface area contributed by atoms with E-state index in [1.54, 1.807) is 6.33 Å². The van der Waals surface area contributed by atoms with Crippen LogP contribution in [0.2, 0.25) is 0 Å². The number of nitrogens with one attached hydrogen (secondary N) is 1. The number of rotatable bonds is 2. The maximum atomic E-state index is 5.34. The molecule has 90 valence electrons. The second kappa shape index (κ2) is 3.66. The molecule has 0 unspecified atom stereocenters. The Morgan fingerprint density at radius 2 is 2.22 bits per heavy atom. The van der Waals surface area contributed by atoms with Crippen LogP contribution in [-0.4, -0.2) is 20.1 Å². The van der Waals surface area contributed by atoms with Crippen molar-refractivity contribution in [3.8, 4) is 11.5 Å². The fourth-order valence-corrected chi connectivity index (χ4v) is 2.25. The minimum Gasteiger partial charge on any atom is -0.345 e. The van der Waals surface area contributed by atoms with Crippen LogP contribution in [0.5, 0.6) is 0 Å². The minimum atomic E-state index is 0.499. The van der Waals surface area contributed by atoms with Crippen molar-refractivity contribution < 1.29 is 4.52 Å². The van der Waals surface area contributed by atoms with Gasteiger partial charge in [-0.05, 0) is 31.0 Å². The van der Waals surface area contributed by atoms with Crippen LogP contribution < -0.4 is 0 Å². The summed E-state index contributed by atoms with van der Waals surface area (Å²) in [5.74, 6) is 1.94. The molecule has 0 spiro atoms. The van der Waals surface area contributed by atoms with Gasteiger partial charge in [-0.3, -0.25) is 0 Å². The molecule has 1 aliphatic carbocycles. The lowest BCUT2D eigenvalue weighted by Crippen LogP contribution is -2.10. The fourth-order valence-electron chi connectivity index (χ4n) is 2.25. The molecule has 0 bridgehead atoms. The van der Waals surface area contributed by atoms with Crippen LogP contribution in [-0.2, 0) is 0 Å². The molecule has 1 aliphatic rings. The molecule has 1 saturated carbocycles. The summed E-state index contributed by atoms with van der Waals surface area (Å²) in [4.78, 5) is 11.7. The van der Waals surface area contributed by atoms with Gasteiger partial charge in [0.15, 0.2) is 5.82 Å². The summed E-state index contributed by atoms with van der Waals surface area (Å²) < 4.78 is 5.34. The smallest absolute Gasteiger partial charge is 0.258 e. The van der Waals surface area contributed by atoms with Crippen LogP contribution in [0.1, 0.15) is 31.0 Å². The first-order chi connectivity index (χ1) is 8.90. The Kier molecular flexibility index (Phi) is 2.00. The van der Waals surface area contributed by atoms with Gasteiger partial charge in [-0.2, -0.15) is 4.98 Å². The number of hydrogen-bond donors (Lipinski definition) is 1. The van der Waals surface area contributed by atoms with Crippen LogP contribution in [0.25, 0.3) is 22.5 Å². The number of imidazole rings is 1. The van der Waals surface area contributed by atoms with E-state index in [2.05, 4.69) is 20.1 Å². The van der Waals surface area contributed by atoms with E-state index in [0.29, 0.717) is 11.8 Å². The summed E-state index contributed by atoms with van der Waals surface area (Å²) >= 11 is 0. The Morgan fingerprint density at radius 1 is 1.28 bits per heavy atom. The van der Waals surface area contributed by atoms with Crippen LogP contribution in [0.4, 0.5) is 0 Å². The van der Waals surface area contributed by atoms with Crippen molar-refractivity contribution in [1.29, 1.82) is 0 Å². The lowest BCUT2D eigenvalue weighted by atomic mass is 9.85. The minimum absolute atomic E-state index is 0.499. The van der Waals surface area contributed by atoms with Gasteiger partial charge in [0.05, 0.1) is 17.4 Å². The summed E-state index contributed by atoms with van der Waals surface area (Å²) in [6.45, 7) is 0. The van der Waals surface area contributed by atoms with Gasteiger partial charge in [0, 0.05) is 11.5 Å². The van der Waals surface area contributed by atoms with Crippen molar-refractivity contribution in [1.82, 2.24) is 20.1 Å². The molecule has 1 N–H and O–H groups in total. The van der Waals surface area contributed by atoms with Gasteiger partial charge in [0.25, 0.3) is 5.89 Å². The maximum absolute atomic E-state index is 5.34. The molecule has 3 aromatic rings. The standard InChI is InChI=1S/C13H12N4O/c1-2-8(3-1)12-16-13(18-17-12)9-4-5-10-11(6-9)15-7-14-10/h4-8H,1-3H2,(H,14,15). The van der Waals surface area contributed by atoms with Crippen LogP contribution in [0.15, 0.2) is 29.0 Å². The molecule has 0 radical (unpaired) electrons. The van der Waals surface area contributed by atoms with Gasteiger partial charge in [0.1, 0.15) is 0 Å². The monoisotopic (exact) mass is 240 g/mol. The first kappa shape index (κ1) is 9.82. The summed E-state index contributed by atoms with van der Waals surface area (Å²) in [6.07, 6.45) is 5.31. The molecular formula is C13H12N4O. The van der Waals surface area contributed by atoms with Crippen LogP contribution in [0, 0.1) is 0 Å². The third-order valence-electron chi connectivity index (χ3n) is 3.58. The van der Waals surface area contributed by atoms with Crippen molar-refractivity contribution in [3.05, 3.63) is 30.4 Å². The largest absolute Gasteiger partial charge is 0.345 e. The Morgan fingerprint density at radius 3 is 3.06 bits per heavy atom. The molecule has 4 rings (SSSR count). The SMILES string of the molecule is c1nc2ccc(-c3nc(C4CCC4)no3)cc2[nH]1. The van der Waals surface area contributed by atoms with Gasteiger partial charge in [-0.1, -0.05) is 11.6 Å². The molecule has 5 nitrogen and oxygen atoms in total. The average Bonchev–Trinajstić information content (AvgIpc) is 2.93. The molecule has 2 aromatic heterocycles. The number of benzene rings is 1. The highest BCUT2D eigenvalue weighted by Gasteiger charge is 2.24. The van der Waals surface area contributed by atoms with Gasteiger partial charge in [0.2, 0.25) is 0 Å². The average molecular weight is 240 g/mol. The second-order valence-corrected chi connectivity index (χ2v) is 4.72. The Balaban J connectivity index is 1.74. The normalized spacial score (nSPS) is 16.0. The third kappa shape index (κ3) is 1.44. The number of aromatic amines is 1. The van der Waals surface area contributed by atoms with Crippen molar-refractivity contribution in [2.24, 2.45) is 0 Å². The van der Waals surface area contributed by atoms with Crippen molar-refractivity contribution in [2.45, 2.75) is 25.2 Å². The van der Waals surface area contributed by atoms with E-state index in [1.807, 2.05) is 18.2 Å². The van der Waals surface area contributed by atoms with E-state index in [4.69, 9.17) is 4.52 Å². The van der Waals surface area contributed by atoms with Crippen LogP contribution in [0.3, 0.4) is 0 Å². The van der Waals surface area contributed by atoms with E-state index in [-0.39, 0.29) is 0 Å². The predicted octanol–water partition coefficient (Wildman–Crippen LogP) is 2.88. The number of hydrogen-bond acceptors (Lipinski definition) is 4. The van der Waals surface area contributed by atoms with Gasteiger partial charge in [-0.25, -0.2) is 4.98 Å². The first-order valence-electron chi connectivity index (χ1n) is 6.17. The van der Waals surface area contributed by atoms with E-state index in [0.717, 1.165) is 22.4 Å². The third-order valence-corrected chi connectivity index (χ3v) is 3.58. The highest BCUT2D eigenvalue weighted by molar-refractivity contribution is 5.79. The van der Waals surface area contributed by atoms with Gasteiger partial charge < -0.3 is 9.51 Å². The molecule has 2 heterocycles. The Labute approximate surface area is 103 Å². The molecule has 18 heavy (non-hydrogen) atoms. The van der Waals surface area contributed by atoms with Crippen molar-refractivity contribution in [3.63, 3.8) is 0 Å². The summed E-state index contributed by atoms with van der Waals surface area (Å²) in [6, 6.07) is 5.90. The summed E-state index contributed by atoms with van der Waals surface area (Å²) in [5.41, 5.74) is 2.86. The highest BCUT2D eigenvalue weighted by atomic mass is 16.5. The summed E-state index contributed by atoms with van der Waals surface area (Å²) in [5, 5.41) is 4.07. The van der Waals surface area contributed by atoms with E-state index in [1.165, 1.54) is 19.3 Å². The first-order valence-corrected chi connectivity index (χ1v) is 6.17. The Hall–Kier alpha value is -2.17. The number of nitrogens with zero attached hydrogens (tertiary/aromatic N) is 3. The zero-order valence-corrected chi connectivity index (χ0v) is 9.76. The number of aromatic nitrogens is 4. The lowest BCUT2D eigenvalue weighted by Gasteiger charge is -2.20. The highest BCUT2D eigenvalue weighted by Crippen LogP contribution is 2.35. The molecule has 1 aromatic carbocycles. The van der Waals surface area contributed by atoms with E-state index < -0.39 is 0 Å². The van der Waals surface area contributed by atoms with Gasteiger partial charge >= 0.3 is 0 Å². The molecule has 5 heteroatoms. The van der Waals surface area contributed by atoms with E-state index >= 15 is 0 Å². The zero-order chi connectivity index (χ0) is 11.9. The molecule has 0 atom stereocenters. The van der Waals surface area contributed by atoms with Crippen molar-refractivity contribution >= 4 is 11.0 Å². The molecule has 0 saturated heterocycles. The second-order valence-electron chi connectivity index (χ2n) is 4.72. The topological polar surface area (TPSA) is 67.6 Å². The molecular weight excluding hydrogens is 228 g/mol. The number of H-pyrrole nitrogens is 1. The summed E-state index contributed by atoms with van der Waals surface area (Å²) in [7, 11) is 0. The molecule has 0 aliphatic heterocycles. The molecule has 0 amide bonds. The number of fused-ring (bicyclic) bond motifs is 1. The Bertz CT molecular complexity index is 696. The maximum Gasteiger partial charge on any atom is 0.258 e. The fraction of sp³-hybridized carbons (Fsp3) is 0.308. The van der Waals surface area contributed by atoms with Crippen molar-refractivity contribution in [2.75, 3.05) is 0 Å².